The van der Waals surface area contributed by atoms with Gasteiger partial charge in [-0.25, -0.2) is 9.36 Å². The van der Waals surface area contributed by atoms with E-state index in [4.69, 9.17) is 0 Å². The molecule has 0 fully saturated rings. The summed E-state index contributed by atoms with van der Waals surface area (Å²) in [4.78, 5) is 12.2. The molecule has 1 heterocycles. The maximum Gasteiger partial charge on any atom is 0.344 e. The summed E-state index contributed by atoms with van der Waals surface area (Å²) in [5.41, 5.74) is 4.54. The Morgan fingerprint density at radius 1 is 1.00 bits per heavy atom. The molecule has 2 aromatic carbocycles. The van der Waals surface area contributed by atoms with Crippen LogP contribution in [0.5, 0.6) is 0 Å². The first-order valence-corrected chi connectivity index (χ1v) is 6.66. The van der Waals surface area contributed by atoms with Crippen LogP contribution in [0, 0.1) is 13.8 Å². The van der Waals surface area contributed by atoms with Gasteiger partial charge in [0.15, 0.2) is 0 Å². The largest absolute Gasteiger partial charge is 0.344 e. The molecule has 3 aromatic rings. The SMILES string of the molecule is Cc1cccc(-[n+]2cn(C)c(=O)c3ccccc32)c1C. The van der Waals surface area contributed by atoms with Gasteiger partial charge in [-0.05, 0) is 43.2 Å². The third-order valence-electron chi connectivity index (χ3n) is 3.84. The number of aromatic nitrogens is 2. The van der Waals surface area contributed by atoms with Gasteiger partial charge in [0.25, 0.3) is 6.33 Å². The van der Waals surface area contributed by atoms with E-state index in [2.05, 4.69) is 30.5 Å². The van der Waals surface area contributed by atoms with Crippen molar-refractivity contribution in [1.82, 2.24) is 4.57 Å². The van der Waals surface area contributed by atoms with Gasteiger partial charge in [0.05, 0.1) is 7.05 Å². The summed E-state index contributed by atoms with van der Waals surface area (Å²) >= 11 is 0. The molecule has 0 saturated heterocycles. The van der Waals surface area contributed by atoms with Crippen LogP contribution in [0.25, 0.3) is 16.6 Å². The molecule has 20 heavy (non-hydrogen) atoms. The Morgan fingerprint density at radius 2 is 1.75 bits per heavy atom. The molecule has 0 N–H and O–H groups in total. The molecule has 100 valence electrons. The Labute approximate surface area is 117 Å². The zero-order valence-electron chi connectivity index (χ0n) is 11.9. The first-order valence-electron chi connectivity index (χ1n) is 6.66. The van der Waals surface area contributed by atoms with Gasteiger partial charge >= 0.3 is 5.56 Å². The van der Waals surface area contributed by atoms with Crippen molar-refractivity contribution in [3.05, 3.63) is 70.3 Å². The highest BCUT2D eigenvalue weighted by atomic mass is 16.1. The van der Waals surface area contributed by atoms with E-state index in [1.165, 1.54) is 11.1 Å². The summed E-state index contributed by atoms with van der Waals surface area (Å²) in [6, 6.07) is 14.0. The number of benzene rings is 2. The Morgan fingerprint density at radius 3 is 2.55 bits per heavy atom. The first kappa shape index (κ1) is 12.6. The fraction of sp³-hybridized carbons (Fsp3) is 0.176. The summed E-state index contributed by atoms with van der Waals surface area (Å²) < 4.78 is 3.71. The lowest BCUT2D eigenvalue weighted by Gasteiger charge is -2.09. The van der Waals surface area contributed by atoms with E-state index >= 15 is 0 Å². The van der Waals surface area contributed by atoms with E-state index in [1.54, 1.807) is 11.6 Å². The van der Waals surface area contributed by atoms with Crippen LogP contribution < -0.4 is 10.1 Å². The van der Waals surface area contributed by atoms with E-state index in [9.17, 15) is 4.79 Å². The predicted molar refractivity (Wildman–Crippen MR) is 80.2 cm³/mol. The zero-order valence-corrected chi connectivity index (χ0v) is 11.9. The molecule has 0 atom stereocenters. The number of rotatable bonds is 1. The van der Waals surface area contributed by atoms with E-state index in [0.29, 0.717) is 0 Å². The molecule has 1 aromatic heterocycles. The minimum absolute atomic E-state index is 0.0298. The summed E-state index contributed by atoms with van der Waals surface area (Å²) in [6.45, 7) is 4.21. The van der Waals surface area contributed by atoms with Crippen molar-refractivity contribution < 1.29 is 4.57 Å². The molecule has 3 nitrogen and oxygen atoms in total. The van der Waals surface area contributed by atoms with Crippen molar-refractivity contribution in [2.75, 3.05) is 0 Å². The minimum atomic E-state index is 0.0298. The lowest BCUT2D eigenvalue weighted by Crippen LogP contribution is -2.39. The second-order valence-corrected chi connectivity index (χ2v) is 5.14. The highest BCUT2D eigenvalue weighted by molar-refractivity contribution is 5.74. The van der Waals surface area contributed by atoms with Crippen LogP contribution in [0.15, 0.2) is 53.6 Å². The Hall–Kier alpha value is -2.42. The van der Waals surface area contributed by atoms with Crippen molar-refractivity contribution in [2.24, 2.45) is 7.05 Å². The molecule has 0 bridgehead atoms. The quantitative estimate of drug-likeness (QED) is 0.621. The van der Waals surface area contributed by atoms with Gasteiger partial charge in [0.2, 0.25) is 0 Å². The maximum absolute atomic E-state index is 12.2. The zero-order chi connectivity index (χ0) is 14.3. The number of fused-ring (bicyclic) bond motifs is 1. The highest BCUT2D eigenvalue weighted by Gasteiger charge is 2.15. The number of aryl methyl sites for hydroxylation is 2. The lowest BCUT2D eigenvalue weighted by molar-refractivity contribution is -0.573. The van der Waals surface area contributed by atoms with E-state index in [-0.39, 0.29) is 5.56 Å². The number of para-hydroxylation sites is 1. The third-order valence-corrected chi connectivity index (χ3v) is 3.84. The van der Waals surface area contributed by atoms with Gasteiger partial charge in [-0.15, -0.1) is 0 Å². The molecule has 0 unspecified atom stereocenters. The van der Waals surface area contributed by atoms with Gasteiger partial charge in [0.1, 0.15) is 16.6 Å². The van der Waals surface area contributed by atoms with Crippen molar-refractivity contribution in [3.8, 4) is 5.69 Å². The Balaban J connectivity index is 2.46. The first-order chi connectivity index (χ1) is 9.59. The fourth-order valence-corrected chi connectivity index (χ4v) is 2.53. The maximum atomic E-state index is 12.2. The lowest BCUT2D eigenvalue weighted by atomic mass is 10.1. The van der Waals surface area contributed by atoms with Crippen molar-refractivity contribution in [2.45, 2.75) is 13.8 Å². The third kappa shape index (κ3) is 1.83. The van der Waals surface area contributed by atoms with Crippen LogP contribution in [0.2, 0.25) is 0 Å². The highest BCUT2D eigenvalue weighted by Crippen LogP contribution is 2.14. The Kier molecular flexibility index (Phi) is 2.90. The molecule has 0 saturated carbocycles. The number of hydrogen-bond acceptors (Lipinski definition) is 1. The van der Waals surface area contributed by atoms with Gasteiger partial charge < -0.3 is 0 Å². The summed E-state index contributed by atoms with van der Waals surface area (Å²) in [7, 11) is 1.79. The van der Waals surface area contributed by atoms with Crippen LogP contribution >= 0.6 is 0 Å². The molecule has 0 aliphatic heterocycles. The van der Waals surface area contributed by atoms with E-state index in [0.717, 1.165) is 16.6 Å². The Bertz CT molecular complexity index is 862. The number of nitrogens with zero attached hydrogens (tertiary/aromatic N) is 2. The van der Waals surface area contributed by atoms with Crippen molar-refractivity contribution >= 4 is 10.9 Å². The van der Waals surface area contributed by atoms with Crippen molar-refractivity contribution in [3.63, 3.8) is 0 Å². The van der Waals surface area contributed by atoms with Gasteiger partial charge in [-0.2, -0.15) is 4.57 Å². The van der Waals surface area contributed by atoms with Crippen LogP contribution in [-0.4, -0.2) is 4.57 Å². The normalized spacial score (nSPS) is 10.9. The average molecular weight is 265 g/mol. The molecule has 0 aliphatic carbocycles. The summed E-state index contributed by atoms with van der Waals surface area (Å²) in [5.74, 6) is 0. The summed E-state index contributed by atoms with van der Waals surface area (Å²) in [5, 5.41) is 0.735. The fourth-order valence-electron chi connectivity index (χ4n) is 2.53. The van der Waals surface area contributed by atoms with Gasteiger partial charge in [-0.3, -0.25) is 0 Å². The van der Waals surface area contributed by atoms with Crippen LogP contribution in [0.1, 0.15) is 11.1 Å². The van der Waals surface area contributed by atoms with Crippen LogP contribution in [-0.2, 0) is 7.05 Å². The molecule has 3 heteroatoms. The van der Waals surface area contributed by atoms with Gasteiger partial charge in [-0.1, -0.05) is 24.3 Å². The molecule has 3 rings (SSSR count). The monoisotopic (exact) mass is 265 g/mol. The molecular formula is C17H17N2O+. The topological polar surface area (TPSA) is 25.9 Å². The average Bonchev–Trinajstić information content (AvgIpc) is 2.46. The molecule has 0 spiro atoms. The van der Waals surface area contributed by atoms with Crippen LogP contribution in [0.4, 0.5) is 0 Å². The second kappa shape index (κ2) is 4.60. The van der Waals surface area contributed by atoms with E-state index in [1.807, 2.05) is 36.7 Å². The van der Waals surface area contributed by atoms with Crippen molar-refractivity contribution in [1.29, 1.82) is 0 Å². The molecule has 0 amide bonds. The standard InChI is InChI=1S/C17H17N2O/c1-12-7-6-10-15(13(12)2)19-11-18(3)17(20)14-8-4-5-9-16(14)19/h4-11H,1-3H3/q+1. The number of hydrogen-bond donors (Lipinski definition) is 0. The minimum Gasteiger partial charge on any atom is -0.241 e. The van der Waals surface area contributed by atoms with E-state index < -0.39 is 0 Å². The van der Waals surface area contributed by atoms with Crippen LogP contribution in [0.3, 0.4) is 0 Å². The molecule has 0 aliphatic rings. The molecular weight excluding hydrogens is 248 g/mol. The second-order valence-electron chi connectivity index (χ2n) is 5.14. The van der Waals surface area contributed by atoms with Gasteiger partial charge in [0, 0.05) is 0 Å². The smallest absolute Gasteiger partial charge is 0.241 e. The predicted octanol–water partition coefficient (Wildman–Crippen LogP) is 2.43. The summed E-state index contributed by atoms with van der Waals surface area (Å²) in [6.07, 6.45) is 1.85. The molecule has 0 radical (unpaired) electrons.